The number of carbonyl (C=O) groups excluding carboxylic acids is 1. The van der Waals surface area contributed by atoms with E-state index in [0.29, 0.717) is 22.4 Å². The van der Waals surface area contributed by atoms with Crippen molar-refractivity contribution >= 4 is 21.6 Å². The van der Waals surface area contributed by atoms with Gasteiger partial charge in [-0.1, -0.05) is 6.07 Å². The molecule has 7 heteroatoms. The topological polar surface area (TPSA) is 79.4 Å². The van der Waals surface area contributed by atoms with Crippen LogP contribution in [-0.2, 0) is 10.0 Å². The fraction of sp³-hybridized carbons (Fsp3) is 0.294. The molecule has 0 aliphatic heterocycles. The molecule has 0 saturated heterocycles. The second-order valence-electron chi connectivity index (χ2n) is 5.82. The summed E-state index contributed by atoms with van der Waals surface area (Å²) < 4.78 is 26.4. The molecule has 0 radical (unpaired) electrons. The number of nitrogens with zero attached hydrogens (tertiary/aromatic N) is 2. The van der Waals surface area contributed by atoms with Crippen molar-refractivity contribution in [3.05, 3.63) is 52.8 Å². The SMILES string of the molecule is Cc1cc(C)c(S(=O)(=O)N(C)C)c(C)c1NC(=O)c1cccnc1. The van der Waals surface area contributed by atoms with Gasteiger partial charge in [-0.25, -0.2) is 12.7 Å². The molecule has 0 spiro atoms. The van der Waals surface area contributed by atoms with E-state index in [1.807, 2.05) is 6.92 Å². The van der Waals surface area contributed by atoms with Gasteiger partial charge < -0.3 is 5.32 Å². The first-order chi connectivity index (χ1) is 11.2. The third-order valence-corrected chi connectivity index (χ3v) is 5.91. The van der Waals surface area contributed by atoms with Gasteiger partial charge in [-0.15, -0.1) is 0 Å². The monoisotopic (exact) mass is 347 g/mol. The molecular weight excluding hydrogens is 326 g/mol. The third-order valence-electron chi connectivity index (χ3n) is 3.80. The highest BCUT2D eigenvalue weighted by Gasteiger charge is 2.25. The van der Waals surface area contributed by atoms with E-state index in [9.17, 15) is 13.2 Å². The number of hydrogen-bond acceptors (Lipinski definition) is 4. The Morgan fingerprint density at radius 1 is 1.17 bits per heavy atom. The van der Waals surface area contributed by atoms with Gasteiger partial charge in [0, 0.05) is 32.2 Å². The van der Waals surface area contributed by atoms with Gasteiger partial charge in [0.05, 0.1) is 10.5 Å². The van der Waals surface area contributed by atoms with Gasteiger partial charge >= 0.3 is 0 Å². The zero-order valence-electron chi connectivity index (χ0n) is 14.4. The minimum Gasteiger partial charge on any atom is -0.321 e. The molecule has 128 valence electrons. The molecule has 6 nitrogen and oxygen atoms in total. The molecule has 1 aromatic heterocycles. The van der Waals surface area contributed by atoms with Crippen LogP contribution in [0.2, 0.25) is 0 Å². The number of nitrogens with one attached hydrogen (secondary N) is 1. The zero-order chi connectivity index (χ0) is 18.1. The molecule has 1 aromatic carbocycles. The lowest BCUT2D eigenvalue weighted by molar-refractivity contribution is 0.102. The summed E-state index contributed by atoms with van der Waals surface area (Å²) in [5.74, 6) is -0.327. The lowest BCUT2D eigenvalue weighted by atomic mass is 10.0. The standard InChI is InChI=1S/C17H21N3O3S/c1-11-9-12(2)16(24(22,23)20(4)5)13(3)15(11)19-17(21)14-7-6-8-18-10-14/h6-10H,1-5H3,(H,19,21). The van der Waals surface area contributed by atoms with E-state index in [1.54, 1.807) is 38.2 Å². The molecule has 1 heterocycles. The molecule has 2 rings (SSSR count). The quantitative estimate of drug-likeness (QED) is 0.922. The van der Waals surface area contributed by atoms with Crippen LogP contribution < -0.4 is 5.32 Å². The summed E-state index contributed by atoms with van der Waals surface area (Å²) in [6, 6.07) is 5.09. The first kappa shape index (κ1) is 18.1. The van der Waals surface area contributed by atoms with Gasteiger partial charge in [0.25, 0.3) is 5.91 Å². The molecule has 0 aliphatic carbocycles. The number of sulfonamides is 1. The first-order valence-corrected chi connectivity index (χ1v) is 8.85. The molecular formula is C17H21N3O3S. The van der Waals surface area contributed by atoms with Crippen LogP contribution in [0.4, 0.5) is 5.69 Å². The molecule has 1 N–H and O–H groups in total. The molecule has 24 heavy (non-hydrogen) atoms. The summed E-state index contributed by atoms with van der Waals surface area (Å²) in [5, 5.41) is 2.81. The average molecular weight is 347 g/mol. The molecule has 0 unspecified atom stereocenters. The zero-order valence-corrected chi connectivity index (χ0v) is 15.2. The smallest absolute Gasteiger partial charge is 0.257 e. The van der Waals surface area contributed by atoms with Gasteiger partial charge in [-0.3, -0.25) is 9.78 Å². The van der Waals surface area contributed by atoms with Gasteiger partial charge in [0.2, 0.25) is 10.0 Å². The number of aromatic nitrogens is 1. The molecule has 0 fully saturated rings. The van der Waals surface area contributed by atoms with E-state index in [-0.39, 0.29) is 10.8 Å². The Hall–Kier alpha value is -2.25. The van der Waals surface area contributed by atoms with Crippen LogP contribution >= 0.6 is 0 Å². The number of hydrogen-bond donors (Lipinski definition) is 1. The maximum Gasteiger partial charge on any atom is 0.257 e. The molecule has 1 amide bonds. The van der Waals surface area contributed by atoms with Crippen molar-refractivity contribution in [3.63, 3.8) is 0 Å². The minimum absolute atomic E-state index is 0.222. The summed E-state index contributed by atoms with van der Waals surface area (Å²) in [5.41, 5.74) is 2.90. The van der Waals surface area contributed by atoms with Crippen molar-refractivity contribution in [2.45, 2.75) is 25.7 Å². The third kappa shape index (κ3) is 3.32. The van der Waals surface area contributed by atoms with Gasteiger partial charge in [0.15, 0.2) is 0 Å². The van der Waals surface area contributed by atoms with E-state index < -0.39 is 10.0 Å². The summed E-state index contributed by atoms with van der Waals surface area (Å²) in [6.07, 6.45) is 3.05. The maximum atomic E-state index is 12.6. The molecule has 0 atom stereocenters. The van der Waals surface area contributed by atoms with Crippen LogP contribution in [0, 0.1) is 20.8 Å². The van der Waals surface area contributed by atoms with Crippen LogP contribution in [0.5, 0.6) is 0 Å². The highest BCUT2D eigenvalue weighted by atomic mass is 32.2. The summed E-state index contributed by atoms with van der Waals surface area (Å²) in [7, 11) is -0.632. The largest absolute Gasteiger partial charge is 0.321 e. The minimum atomic E-state index is -3.61. The molecule has 0 aliphatic rings. The lowest BCUT2D eigenvalue weighted by Gasteiger charge is -2.20. The Morgan fingerprint density at radius 3 is 2.38 bits per heavy atom. The Morgan fingerprint density at radius 2 is 1.83 bits per heavy atom. The number of pyridine rings is 1. The predicted octanol–water partition coefficient (Wildman–Crippen LogP) is 2.51. The van der Waals surface area contributed by atoms with Crippen LogP contribution in [0.3, 0.4) is 0 Å². The maximum absolute atomic E-state index is 12.6. The van der Waals surface area contributed by atoms with Crippen LogP contribution in [0.25, 0.3) is 0 Å². The highest BCUT2D eigenvalue weighted by molar-refractivity contribution is 7.89. The Balaban J connectivity index is 2.54. The van der Waals surface area contributed by atoms with Crippen LogP contribution in [0.1, 0.15) is 27.0 Å². The summed E-state index contributed by atoms with van der Waals surface area (Å²) in [4.78, 5) is 16.5. The predicted molar refractivity (Wildman–Crippen MR) is 93.7 cm³/mol. The number of carbonyl (C=O) groups is 1. The van der Waals surface area contributed by atoms with Gasteiger partial charge in [0.1, 0.15) is 0 Å². The average Bonchev–Trinajstić information content (AvgIpc) is 2.51. The van der Waals surface area contributed by atoms with Gasteiger partial charge in [-0.05, 0) is 49.6 Å². The number of aryl methyl sites for hydroxylation is 2. The van der Waals surface area contributed by atoms with Crippen molar-refractivity contribution in [2.75, 3.05) is 19.4 Å². The van der Waals surface area contributed by atoms with E-state index in [4.69, 9.17) is 0 Å². The molecule has 0 bridgehead atoms. The van der Waals surface area contributed by atoms with Gasteiger partial charge in [-0.2, -0.15) is 0 Å². The number of anilines is 1. The van der Waals surface area contributed by atoms with Crippen molar-refractivity contribution in [1.82, 2.24) is 9.29 Å². The Bertz CT molecular complexity index is 876. The molecule has 0 saturated carbocycles. The number of benzene rings is 1. The summed E-state index contributed by atoms with van der Waals surface area (Å²) >= 11 is 0. The second kappa shape index (κ2) is 6.70. The van der Waals surface area contributed by atoms with E-state index in [1.165, 1.54) is 24.6 Å². The van der Waals surface area contributed by atoms with Crippen molar-refractivity contribution in [1.29, 1.82) is 0 Å². The number of rotatable bonds is 4. The Kier molecular flexibility index (Phi) is 5.05. The summed E-state index contributed by atoms with van der Waals surface area (Å²) in [6.45, 7) is 5.29. The Labute approximate surface area is 142 Å². The van der Waals surface area contributed by atoms with Crippen molar-refractivity contribution in [2.24, 2.45) is 0 Å². The molecule has 2 aromatic rings. The van der Waals surface area contributed by atoms with E-state index in [0.717, 1.165) is 5.56 Å². The highest BCUT2D eigenvalue weighted by Crippen LogP contribution is 2.31. The van der Waals surface area contributed by atoms with E-state index >= 15 is 0 Å². The van der Waals surface area contributed by atoms with E-state index in [2.05, 4.69) is 10.3 Å². The second-order valence-corrected chi connectivity index (χ2v) is 7.91. The normalized spacial score (nSPS) is 11.6. The fourth-order valence-corrected chi connectivity index (χ4v) is 3.94. The first-order valence-electron chi connectivity index (χ1n) is 7.41. The lowest BCUT2D eigenvalue weighted by Crippen LogP contribution is -2.25. The van der Waals surface area contributed by atoms with Crippen molar-refractivity contribution in [3.8, 4) is 0 Å². The van der Waals surface area contributed by atoms with Crippen molar-refractivity contribution < 1.29 is 13.2 Å². The fourth-order valence-electron chi connectivity index (χ4n) is 2.62. The van der Waals surface area contributed by atoms with Crippen LogP contribution in [-0.4, -0.2) is 37.7 Å². The number of amides is 1. The van der Waals surface area contributed by atoms with Crippen LogP contribution in [0.15, 0.2) is 35.5 Å².